The quantitative estimate of drug-likeness (QED) is 0.638. The number of ether oxygens (including phenoxy) is 1. The van der Waals surface area contributed by atoms with E-state index in [2.05, 4.69) is 10.1 Å². The molecule has 0 aliphatic carbocycles. The molecule has 0 aromatic heterocycles. The summed E-state index contributed by atoms with van der Waals surface area (Å²) in [4.78, 5) is 10.2. The number of carboxylic acids is 1. The van der Waals surface area contributed by atoms with Crippen LogP contribution in [0, 0.1) is 0 Å². The van der Waals surface area contributed by atoms with Gasteiger partial charge in [0.15, 0.2) is 0 Å². The molecule has 1 atom stereocenters. The molecule has 0 aromatic carbocycles. The van der Waals surface area contributed by atoms with Gasteiger partial charge in [-0.05, 0) is 6.92 Å². The number of alkyl halides is 3. The average molecular weight is 215 g/mol. The monoisotopic (exact) mass is 215 g/mol. The van der Waals surface area contributed by atoms with Crippen LogP contribution < -0.4 is 5.32 Å². The Morgan fingerprint density at radius 3 is 2.57 bits per heavy atom. The van der Waals surface area contributed by atoms with Gasteiger partial charge in [0, 0.05) is 6.54 Å². The summed E-state index contributed by atoms with van der Waals surface area (Å²) in [5, 5.41) is 10.9. The molecule has 84 valence electrons. The summed E-state index contributed by atoms with van der Waals surface area (Å²) in [6.45, 7) is -0.0110. The van der Waals surface area contributed by atoms with Crippen molar-refractivity contribution < 1.29 is 27.8 Å². The molecule has 1 unspecified atom stereocenters. The van der Waals surface area contributed by atoms with E-state index in [9.17, 15) is 18.0 Å². The predicted octanol–water partition coefficient (Wildman–Crippen LogP) is 0.628. The van der Waals surface area contributed by atoms with Crippen molar-refractivity contribution >= 4 is 5.97 Å². The van der Waals surface area contributed by atoms with E-state index in [1.165, 1.54) is 6.92 Å². The number of hydrogen-bond acceptors (Lipinski definition) is 3. The molecule has 14 heavy (non-hydrogen) atoms. The van der Waals surface area contributed by atoms with Crippen LogP contribution in [0.5, 0.6) is 0 Å². The van der Waals surface area contributed by atoms with Crippen molar-refractivity contribution in [2.45, 2.75) is 19.1 Å². The second kappa shape index (κ2) is 5.82. The SMILES string of the molecule is CC(NCCOCC(F)(F)F)C(=O)O. The van der Waals surface area contributed by atoms with Crippen LogP contribution >= 0.6 is 0 Å². The first-order valence-electron chi connectivity index (χ1n) is 3.93. The highest BCUT2D eigenvalue weighted by Gasteiger charge is 2.27. The van der Waals surface area contributed by atoms with E-state index < -0.39 is 24.8 Å². The summed E-state index contributed by atoms with van der Waals surface area (Å²) in [5.74, 6) is -1.05. The van der Waals surface area contributed by atoms with Crippen molar-refractivity contribution in [2.75, 3.05) is 19.8 Å². The second-order valence-electron chi connectivity index (χ2n) is 2.68. The second-order valence-corrected chi connectivity index (χ2v) is 2.68. The number of aliphatic carboxylic acids is 1. The summed E-state index contributed by atoms with van der Waals surface area (Å²) >= 11 is 0. The summed E-state index contributed by atoms with van der Waals surface area (Å²) in [6.07, 6.45) is -4.33. The van der Waals surface area contributed by atoms with E-state index in [-0.39, 0.29) is 13.2 Å². The van der Waals surface area contributed by atoms with E-state index in [1.807, 2.05) is 0 Å². The Morgan fingerprint density at radius 2 is 2.14 bits per heavy atom. The first-order chi connectivity index (χ1) is 6.33. The predicted molar refractivity (Wildman–Crippen MR) is 42.0 cm³/mol. The minimum absolute atomic E-state index is 0.0730. The van der Waals surface area contributed by atoms with Gasteiger partial charge in [-0.2, -0.15) is 13.2 Å². The fourth-order valence-corrected chi connectivity index (χ4v) is 0.623. The Balaban J connectivity index is 3.35. The number of rotatable bonds is 6. The average Bonchev–Trinajstić information content (AvgIpc) is 2.01. The maximum atomic E-state index is 11.5. The third-order valence-electron chi connectivity index (χ3n) is 1.33. The molecule has 0 rings (SSSR count). The number of halogens is 3. The number of carbonyl (C=O) groups is 1. The summed E-state index contributed by atoms with van der Waals surface area (Å²) in [7, 11) is 0. The van der Waals surface area contributed by atoms with Gasteiger partial charge in [-0.1, -0.05) is 0 Å². The molecule has 0 saturated heterocycles. The largest absolute Gasteiger partial charge is 0.480 e. The van der Waals surface area contributed by atoms with Gasteiger partial charge in [0.05, 0.1) is 6.61 Å². The summed E-state index contributed by atoms with van der Waals surface area (Å²) in [6, 6.07) is -0.788. The van der Waals surface area contributed by atoms with Crippen molar-refractivity contribution in [3.63, 3.8) is 0 Å². The highest BCUT2D eigenvalue weighted by Crippen LogP contribution is 2.13. The van der Waals surface area contributed by atoms with Gasteiger partial charge in [0.25, 0.3) is 0 Å². The first kappa shape index (κ1) is 13.2. The molecule has 0 spiro atoms. The van der Waals surface area contributed by atoms with Crippen molar-refractivity contribution in [3.8, 4) is 0 Å². The van der Waals surface area contributed by atoms with Gasteiger partial charge < -0.3 is 15.2 Å². The zero-order chi connectivity index (χ0) is 11.2. The van der Waals surface area contributed by atoms with Crippen LogP contribution in [-0.4, -0.2) is 43.1 Å². The highest BCUT2D eigenvalue weighted by atomic mass is 19.4. The summed E-state index contributed by atoms with van der Waals surface area (Å²) < 4.78 is 38.8. The van der Waals surface area contributed by atoms with Crippen LogP contribution in [0.3, 0.4) is 0 Å². The van der Waals surface area contributed by atoms with E-state index in [1.54, 1.807) is 0 Å². The van der Waals surface area contributed by atoms with E-state index in [4.69, 9.17) is 5.11 Å². The van der Waals surface area contributed by atoms with Crippen LogP contribution in [0.4, 0.5) is 13.2 Å². The maximum absolute atomic E-state index is 11.5. The maximum Gasteiger partial charge on any atom is 0.411 e. The molecule has 0 radical (unpaired) electrons. The Hall–Kier alpha value is -0.820. The lowest BCUT2D eigenvalue weighted by Gasteiger charge is -2.10. The fourth-order valence-electron chi connectivity index (χ4n) is 0.623. The minimum atomic E-state index is -4.33. The molecule has 0 aromatic rings. The van der Waals surface area contributed by atoms with Crippen LogP contribution in [0.25, 0.3) is 0 Å². The molecule has 7 heteroatoms. The van der Waals surface area contributed by atoms with Crippen molar-refractivity contribution in [2.24, 2.45) is 0 Å². The van der Waals surface area contributed by atoms with Crippen LogP contribution in [-0.2, 0) is 9.53 Å². The molecule has 4 nitrogen and oxygen atoms in total. The standard InChI is InChI=1S/C7H12F3NO3/c1-5(6(12)13)11-2-3-14-4-7(8,9)10/h5,11H,2-4H2,1H3,(H,12,13). The number of nitrogens with one attached hydrogen (secondary N) is 1. The molecule has 2 N–H and O–H groups in total. The molecular formula is C7H12F3NO3. The third-order valence-corrected chi connectivity index (χ3v) is 1.33. The highest BCUT2D eigenvalue weighted by molar-refractivity contribution is 5.72. The van der Waals surface area contributed by atoms with Crippen LogP contribution in [0.15, 0.2) is 0 Å². The fraction of sp³-hybridized carbons (Fsp3) is 0.857. The zero-order valence-electron chi connectivity index (χ0n) is 7.60. The Bertz CT molecular complexity index is 184. The lowest BCUT2D eigenvalue weighted by Crippen LogP contribution is -2.36. The van der Waals surface area contributed by atoms with E-state index in [0.29, 0.717) is 0 Å². The zero-order valence-corrected chi connectivity index (χ0v) is 7.60. The molecular weight excluding hydrogens is 203 g/mol. The molecule has 0 saturated carbocycles. The summed E-state index contributed by atoms with van der Waals surface area (Å²) in [5.41, 5.74) is 0. The first-order valence-corrected chi connectivity index (χ1v) is 3.93. The van der Waals surface area contributed by atoms with Crippen molar-refractivity contribution in [1.82, 2.24) is 5.32 Å². The Morgan fingerprint density at radius 1 is 1.57 bits per heavy atom. The minimum Gasteiger partial charge on any atom is -0.480 e. The van der Waals surface area contributed by atoms with Crippen LogP contribution in [0.1, 0.15) is 6.92 Å². The lowest BCUT2D eigenvalue weighted by atomic mass is 10.3. The molecule has 0 amide bonds. The van der Waals surface area contributed by atoms with Gasteiger partial charge in [0.2, 0.25) is 0 Å². The normalized spacial score (nSPS) is 14.0. The molecule has 0 heterocycles. The van der Waals surface area contributed by atoms with E-state index >= 15 is 0 Å². The smallest absolute Gasteiger partial charge is 0.411 e. The van der Waals surface area contributed by atoms with Crippen molar-refractivity contribution in [1.29, 1.82) is 0 Å². The van der Waals surface area contributed by atoms with E-state index in [0.717, 1.165) is 0 Å². The van der Waals surface area contributed by atoms with Gasteiger partial charge in [-0.25, -0.2) is 0 Å². The lowest BCUT2D eigenvalue weighted by molar-refractivity contribution is -0.173. The van der Waals surface area contributed by atoms with Gasteiger partial charge in [-0.15, -0.1) is 0 Å². The molecule has 0 aliphatic rings. The van der Waals surface area contributed by atoms with Crippen LogP contribution in [0.2, 0.25) is 0 Å². The Labute approximate surface area is 79.0 Å². The number of hydrogen-bond donors (Lipinski definition) is 2. The number of carboxylic acid groups (broad SMARTS) is 1. The third kappa shape index (κ3) is 7.81. The van der Waals surface area contributed by atoms with Gasteiger partial charge in [0.1, 0.15) is 12.6 Å². The molecule has 0 fully saturated rings. The Kier molecular flexibility index (Phi) is 5.47. The van der Waals surface area contributed by atoms with Gasteiger partial charge >= 0.3 is 12.1 Å². The van der Waals surface area contributed by atoms with Crippen molar-refractivity contribution in [3.05, 3.63) is 0 Å². The van der Waals surface area contributed by atoms with Gasteiger partial charge in [-0.3, -0.25) is 4.79 Å². The molecule has 0 bridgehead atoms. The molecule has 0 aliphatic heterocycles. The topological polar surface area (TPSA) is 58.6 Å².